The summed E-state index contributed by atoms with van der Waals surface area (Å²) in [6.07, 6.45) is 60.9. The molecule has 0 amide bonds. The minimum absolute atomic E-state index is 0.107. The van der Waals surface area contributed by atoms with Crippen molar-refractivity contribution >= 4 is 39.5 Å². The number of phosphoric acid groups is 2. The van der Waals surface area contributed by atoms with Crippen LogP contribution in [0.5, 0.6) is 0 Å². The van der Waals surface area contributed by atoms with E-state index in [-0.39, 0.29) is 25.7 Å². The van der Waals surface area contributed by atoms with E-state index in [0.717, 1.165) is 102 Å². The van der Waals surface area contributed by atoms with Crippen molar-refractivity contribution in [2.75, 3.05) is 39.6 Å². The molecular weight excluding hydrogens is 1290 g/mol. The maximum absolute atomic E-state index is 13.1. The molecule has 3 N–H and O–H groups in total. The Hall–Kier alpha value is -1.94. The third-order valence-electron chi connectivity index (χ3n) is 18.7. The minimum Gasteiger partial charge on any atom is -0.462 e. The van der Waals surface area contributed by atoms with Gasteiger partial charge in [-0.1, -0.05) is 369 Å². The topological polar surface area (TPSA) is 237 Å². The molecule has 0 radical (unpaired) electrons. The Bertz CT molecular complexity index is 1910. The number of unbranched alkanes of at least 4 members (excludes halogenated alkanes) is 49. The van der Waals surface area contributed by atoms with Gasteiger partial charge in [-0.2, -0.15) is 0 Å². The Morgan fingerprint density at radius 2 is 0.465 bits per heavy atom. The molecule has 0 rings (SSSR count). The average molecular weight is 1450 g/mol. The van der Waals surface area contributed by atoms with Gasteiger partial charge in [0, 0.05) is 25.7 Å². The van der Waals surface area contributed by atoms with Crippen LogP contribution in [0.25, 0.3) is 0 Å². The Kier molecular flexibility index (Phi) is 70.3. The normalized spacial score (nSPS) is 13.9. The quantitative estimate of drug-likeness (QED) is 0.0222. The van der Waals surface area contributed by atoms with Crippen molar-refractivity contribution in [1.82, 2.24) is 0 Å². The van der Waals surface area contributed by atoms with Crippen LogP contribution in [0.15, 0.2) is 0 Å². The molecule has 0 aliphatic heterocycles. The molecule has 5 atom stereocenters. The number of hydrogen-bond donors (Lipinski definition) is 3. The fraction of sp³-hybridized carbons (Fsp3) is 0.950. The largest absolute Gasteiger partial charge is 0.472 e. The van der Waals surface area contributed by atoms with E-state index in [0.29, 0.717) is 25.7 Å². The molecule has 0 spiro atoms. The van der Waals surface area contributed by atoms with Crippen LogP contribution >= 0.6 is 15.6 Å². The van der Waals surface area contributed by atoms with E-state index in [1.165, 1.54) is 238 Å². The van der Waals surface area contributed by atoms with E-state index in [9.17, 15) is 43.2 Å². The molecule has 588 valence electrons. The first-order valence-corrected chi connectivity index (χ1v) is 44.5. The smallest absolute Gasteiger partial charge is 0.462 e. The third-order valence-corrected chi connectivity index (χ3v) is 20.6. The molecule has 0 aliphatic rings. The Balaban J connectivity index is 5.25. The number of ether oxygens (including phenoxy) is 4. The number of phosphoric ester groups is 2. The number of esters is 4. The highest BCUT2D eigenvalue weighted by atomic mass is 31.2. The molecule has 17 nitrogen and oxygen atoms in total. The van der Waals surface area contributed by atoms with Crippen molar-refractivity contribution in [1.29, 1.82) is 0 Å². The fourth-order valence-electron chi connectivity index (χ4n) is 12.4. The molecule has 0 saturated heterocycles. The Labute approximate surface area is 607 Å². The first-order chi connectivity index (χ1) is 47.9. The van der Waals surface area contributed by atoms with Crippen molar-refractivity contribution < 1.29 is 80.2 Å². The first kappa shape index (κ1) is 97.1. The average Bonchev–Trinajstić information content (AvgIpc) is 0.982. The second-order valence-corrected chi connectivity index (χ2v) is 32.7. The standard InChI is InChI=1S/C80H156O17P2/c1-7-9-11-13-15-17-19-20-21-22-23-27-33-39-45-51-57-63-78(83)91-69-76(96-79(84)64-58-52-46-40-34-28-25-24-26-31-36-42-48-54-60-72(3)4)71-95-99(88,89)93-67-74(81)66-92-98(86,87)94-70-75(68-90-77(82)62-56-50-44-38-30-18-16-14-12-10-8-2)97-80(85)65-59-53-47-41-35-29-32-37-43-49-55-61-73(5)6/h72-76,81H,7-71H2,1-6H3,(H,86,87)(H,88,89)/t74-,75+,76+/m0/s1. The summed E-state index contributed by atoms with van der Waals surface area (Å²) in [5.74, 6) is -0.548. The van der Waals surface area contributed by atoms with E-state index in [1.54, 1.807) is 0 Å². The lowest BCUT2D eigenvalue weighted by Crippen LogP contribution is -2.30. The van der Waals surface area contributed by atoms with E-state index in [2.05, 4.69) is 41.5 Å². The summed E-state index contributed by atoms with van der Waals surface area (Å²) in [5.41, 5.74) is 0. The van der Waals surface area contributed by atoms with Gasteiger partial charge in [-0.25, -0.2) is 9.13 Å². The highest BCUT2D eigenvalue weighted by Gasteiger charge is 2.30. The van der Waals surface area contributed by atoms with Crippen molar-refractivity contribution in [3.63, 3.8) is 0 Å². The lowest BCUT2D eigenvalue weighted by atomic mass is 10.0. The molecule has 0 aromatic heterocycles. The number of carbonyl (C=O) groups excluding carboxylic acids is 4. The van der Waals surface area contributed by atoms with Gasteiger partial charge in [0.05, 0.1) is 26.4 Å². The monoisotopic (exact) mass is 1450 g/mol. The Morgan fingerprint density at radius 3 is 0.687 bits per heavy atom. The minimum atomic E-state index is -4.96. The van der Waals surface area contributed by atoms with Crippen LogP contribution in [0, 0.1) is 11.8 Å². The molecular formula is C80H156O17P2. The molecule has 0 aromatic carbocycles. The van der Waals surface area contributed by atoms with Crippen molar-refractivity contribution in [3.8, 4) is 0 Å². The van der Waals surface area contributed by atoms with Crippen LogP contribution in [-0.4, -0.2) is 96.7 Å². The Morgan fingerprint density at radius 1 is 0.273 bits per heavy atom. The van der Waals surface area contributed by atoms with Gasteiger partial charge in [0.15, 0.2) is 12.2 Å². The van der Waals surface area contributed by atoms with Gasteiger partial charge < -0.3 is 33.8 Å². The van der Waals surface area contributed by atoms with Gasteiger partial charge in [0.1, 0.15) is 19.3 Å². The lowest BCUT2D eigenvalue weighted by molar-refractivity contribution is -0.161. The van der Waals surface area contributed by atoms with Gasteiger partial charge in [-0.05, 0) is 37.5 Å². The van der Waals surface area contributed by atoms with E-state index in [4.69, 9.17) is 37.0 Å². The summed E-state index contributed by atoms with van der Waals surface area (Å²) in [6, 6.07) is 0. The van der Waals surface area contributed by atoms with Gasteiger partial charge in [0.25, 0.3) is 0 Å². The second-order valence-electron chi connectivity index (χ2n) is 29.8. The molecule has 0 saturated carbocycles. The molecule has 0 heterocycles. The maximum atomic E-state index is 13.1. The zero-order valence-electron chi connectivity index (χ0n) is 64.8. The molecule has 0 aromatic rings. The number of hydrogen-bond acceptors (Lipinski definition) is 15. The van der Waals surface area contributed by atoms with Crippen molar-refractivity contribution in [2.45, 2.75) is 439 Å². The van der Waals surface area contributed by atoms with Gasteiger partial charge in [-0.3, -0.25) is 37.3 Å². The molecule has 99 heavy (non-hydrogen) atoms. The molecule has 0 bridgehead atoms. The van der Waals surface area contributed by atoms with Crippen LogP contribution in [0.2, 0.25) is 0 Å². The lowest BCUT2D eigenvalue weighted by Gasteiger charge is -2.21. The summed E-state index contributed by atoms with van der Waals surface area (Å²) >= 11 is 0. The second kappa shape index (κ2) is 71.7. The van der Waals surface area contributed by atoms with Gasteiger partial charge in [-0.15, -0.1) is 0 Å². The molecule has 0 fully saturated rings. The van der Waals surface area contributed by atoms with Gasteiger partial charge in [0.2, 0.25) is 0 Å². The number of rotatable bonds is 79. The van der Waals surface area contributed by atoms with E-state index >= 15 is 0 Å². The predicted molar refractivity (Wildman–Crippen MR) is 405 cm³/mol. The highest BCUT2D eigenvalue weighted by molar-refractivity contribution is 7.47. The van der Waals surface area contributed by atoms with E-state index in [1.807, 2.05) is 0 Å². The molecule has 19 heteroatoms. The summed E-state index contributed by atoms with van der Waals surface area (Å²) in [4.78, 5) is 73.0. The van der Waals surface area contributed by atoms with E-state index < -0.39 is 97.5 Å². The SMILES string of the molecule is CCCCCCCCCCCCCCCCCCCC(=O)OC[C@H](COP(=O)(O)OC[C@@H](O)COP(=O)(O)OC[C@@H](COC(=O)CCCCCCCCCCCCC)OC(=O)CCCCCCCCCCCCCC(C)C)OC(=O)CCCCCCCCCCCCCCCCC(C)C. The number of aliphatic hydroxyl groups excluding tert-OH is 1. The summed E-state index contributed by atoms with van der Waals surface area (Å²) in [6.45, 7) is 9.65. The van der Waals surface area contributed by atoms with Gasteiger partial charge >= 0.3 is 39.5 Å². The zero-order valence-corrected chi connectivity index (χ0v) is 66.6. The predicted octanol–water partition coefficient (Wildman–Crippen LogP) is 23.9. The van der Waals surface area contributed by atoms with Crippen molar-refractivity contribution in [2.24, 2.45) is 11.8 Å². The maximum Gasteiger partial charge on any atom is 0.472 e. The summed E-state index contributed by atoms with van der Waals surface area (Å²) in [5, 5.41) is 10.6. The zero-order chi connectivity index (χ0) is 72.8. The van der Waals surface area contributed by atoms with Crippen LogP contribution < -0.4 is 0 Å². The molecule has 0 aliphatic carbocycles. The highest BCUT2D eigenvalue weighted by Crippen LogP contribution is 2.45. The summed E-state index contributed by atoms with van der Waals surface area (Å²) in [7, 11) is -9.92. The summed E-state index contributed by atoms with van der Waals surface area (Å²) < 4.78 is 68.7. The van der Waals surface area contributed by atoms with Crippen LogP contribution in [0.3, 0.4) is 0 Å². The molecule has 2 unspecified atom stereocenters. The fourth-order valence-corrected chi connectivity index (χ4v) is 13.9. The first-order valence-electron chi connectivity index (χ1n) is 41.5. The number of aliphatic hydroxyl groups is 1. The third kappa shape index (κ3) is 74.1. The number of carbonyl (C=O) groups is 4. The van der Waals surface area contributed by atoms with Crippen molar-refractivity contribution in [3.05, 3.63) is 0 Å². The van der Waals surface area contributed by atoms with Crippen LogP contribution in [-0.2, 0) is 65.4 Å². The van der Waals surface area contributed by atoms with Crippen LogP contribution in [0.4, 0.5) is 0 Å². The van der Waals surface area contributed by atoms with Crippen LogP contribution in [0.1, 0.15) is 420 Å².